The number of carbonyl (C=O) groups is 1. The second kappa shape index (κ2) is 4.93. The zero-order valence-corrected chi connectivity index (χ0v) is 10.8. The normalized spacial score (nSPS) is 19.8. The first kappa shape index (κ1) is 12.0. The molecule has 0 saturated carbocycles. The fraction of sp³-hybridized carbons (Fsp3) is 0.357. The molecule has 5 nitrogen and oxygen atoms in total. The molecule has 3 N–H and O–H groups in total. The molecule has 0 unspecified atom stereocenters. The Kier molecular flexibility index (Phi) is 3.13. The van der Waals surface area contributed by atoms with E-state index in [0.29, 0.717) is 5.69 Å². The lowest BCUT2D eigenvalue weighted by Crippen LogP contribution is -2.36. The molecule has 19 heavy (non-hydrogen) atoms. The van der Waals surface area contributed by atoms with Crippen LogP contribution in [0.3, 0.4) is 0 Å². The van der Waals surface area contributed by atoms with Crippen LogP contribution in [0.25, 0.3) is 0 Å². The topological polar surface area (TPSA) is 61.6 Å². The molecule has 1 saturated heterocycles. The van der Waals surface area contributed by atoms with Crippen LogP contribution in [-0.2, 0) is 0 Å². The molecule has 100 valence electrons. The van der Waals surface area contributed by atoms with Gasteiger partial charge < -0.3 is 11.1 Å². The summed E-state index contributed by atoms with van der Waals surface area (Å²) in [5, 5.41) is 3.30. The Morgan fingerprint density at radius 3 is 2.53 bits per heavy atom. The van der Waals surface area contributed by atoms with Crippen molar-refractivity contribution >= 4 is 17.4 Å². The van der Waals surface area contributed by atoms with Gasteiger partial charge in [0.1, 0.15) is 0 Å². The van der Waals surface area contributed by atoms with E-state index in [2.05, 4.69) is 11.4 Å². The molecule has 2 aliphatic rings. The van der Waals surface area contributed by atoms with Crippen molar-refractivity contribution in [1.29, 1.82) is 0 Å². The van der Waals surface area contributed by atoms with E-state index in [-0.39, 0.29) is 6.03 Å². The predicted octanol–water partition coefficient (Wildman–Crippen LogP) is 1.39. The van der Waals surface area contributed by atoms with Crippen molar-refractivity contribution in [2.24, 2.45) is 0 Å². The van der Waals surface area contributed by atoms with Crippen LogP contribution in [0.15, 0.2) is 36.0 Å². The lowest BCUT2D eigenvalue weighted by atomic mass is 10.2. The quantitative estimate of drug-likeness (QED) is 0.788. The second-order valence-electron chi connectivity index (χ2n) is 4.84. The van der Waals surface area contributed by atoms with Gasteiger partial charge >= 0.3 is 6.03 Å². The van der Waals surface area contributed by atoms with Gasteiger partial charge in [0.05, 0.1) is 0 Å². The number of nitrogen functional groups attached to an aromatic ring is 1. The third-order valence-corrected chi connectivity index (χ3v) is 3.57. The van der Waals surface area contributed by atoms with Crippen LogP contribution in [0.5, 0.6) is 0 Å². The van der Waals surface area contributed by atoms with Crippen LogP contribution in [0.4, 0.5) is 16.2 Å². The van der Waals surface area contributed by atoms with Crippen molar-refractivity contribution in [1.82, 2.24) is 10.2 Å². The molecule has 5 heteroatoms. The Morgan fingerprint density at radius 2 is 1.84 bits per heavy atom. The number of nitrogens with one attached hydrogen (secondary N) is 1. The van der Waals surface area contributed by atoms with Crippen molar-refractivity contribution < 1.29 is 4.79 Å². The highest BCUT2D eigenvalue weighted by atomic mass is 16.2. The van der Waals surface area contributed by atoms with Gasteiger partial charge in [-0.15, -0.1) is 0 Å². The van der Waals surface area contributed by atoms with Crippen molar-refractivity contribution in [3.05, 3.63) is 36.0 Å². The van der Waals surface area contributed by atoms with E-state index in [1.54, 1.807) is 4.90 Å². The summed E-state index contributed by atoms with van der Waals surface area (Å²) in [5.41, 5.74) is 8.39. The Bertz CT molecular complexity index is 509. The number of carbonyl (C=O) groups excluding carboxylic acids is 1. The summed E-state index contributed by atoms with van der Waals surface area (Å²) >= 11 is 0. The smallest absolute Gasteiger partial charge is 0.328 e. The van der Waals surface area contributed by atoms with Gasteiger partial charge in [-0.3, -0.25) is 9.80 Å². The summed E-state index contributed by atoms with van der Waals surface area (Å²) in [6.45, 7) is 3.24. The molecular formula is C14H18N4O. The Balaban J connectivity index is 1.78. The van der Waals surface area contributed by atoms with Gasteiger partial charge in [0.2, 0.25) is 0 Å². The molecule has 2 heterocycles. The van der Waals surface area contributed by atoms with Crippen LogP contribution in [0, 0.1) is 0 Å². The van der Waals surface area contributed by atoms with Gasteiger partial charge in [0, 0.05) is 36.7 Å². The van der Waals surface area contributed by atoms with Crippen LogP contribution < -0.4 is 16.0 Å². The maximum atomic E-state index is 12.4. The maximum absolute atomic E-state index is 12.4. The summed E-state index contributed by atoms with van der Waals surface area (Å²) in [5.74, 6) is 0. The van der Waals surface area contributed by atoms with Crippen LogP contribution in [-0.4, -0.2) is 37.1 Å². The molecule has 0 radical (unpaired) electrons. The number of urea groups is 1. The van der Waals surface area contributed by atoms with E-state index in [1.807, 2.05) is 29.2 Å². The lowest BCUT2D eigenvalue weighted by Gasteiger charge is -2.24. The van der Waals surface area contributed by atoms with E-state index in [9.17, 15) is 4.79 Å². The number of nitrogens with two attached hydrogens (primary N) is 1. The molecule has 0 aliphatic carbocycles. The maximum Gasteiger partial charge on any atom is 0.328 e. The molecular weight excluding hydrogens is 240 g/mol. The van der Waals surface area contributed by atoms with Gasteiger partial charge in [-0.1, -0.05) is 6.08 Å². The molecule has 0 atom stereocenters. The van der Waals surface area contributed by atoms with Gasteiger partial charge in [0.25, 0.3) is 0 Å². The van der Waals surface area contributed by atoms with Gasteiger partial charge in [-0.05, 0) is 37.2 Å². The minimum Gasteiger partial charge on any atom is -0.399 e. The molecule has 2 aliphatic heterocycles. The molecule has 3 rings (SSSR count). The monoisotopic (exact) mass is 258 g/mol. The minimum absolute atomic E-state index is 0.0553. The van der Waals surface area contributed by atoms with E-state index >= 15 is 0 Å². The SMILES string of the molecule is Nc1ccc(N2CCN(C3=CCCNC3)C2=O)cc1. The zero-order chi connectivity index (χ0) is 13.2. The van der Waals surface area contributed by atoms with Crippen LogP contribution in [0.2, 0.25) is 0 Å². The summed E-state index contributed by atoms with van der Waals surface area (Å²) in [4.78, 5) is 16.1. The molecule has 0 spiro atoms. The fourth-order valence-electron chi connectivity index (χ4n) is 2.53. The Hall–Kier alpha value is -2.01. The van der Waals surface area contributed by atoms with Crippen LogP contribution in [0.1, 0.15) is 6.42 Å². The van der Waals surface area contributed by atoms with Gasteiger partial charge in [-0.2, -0.15) is 0 Å². The van der Waals surface area contributed by atoms with Crippen molar-refractivity contribution in [3.63, 3.8) is 0 Å². The summed E-state index contributed by atoms with van der Waals surface area (Å²) in [6.07, 6.45) is 3.14. The highest BCUT2D eigenvalue weighted by molar-refractivity contribution is 5.95. The van der Waals surface area contributed by atoms with E-state index in [4.69, 9.17) is 5.73 Å². The number of benzene rings is 1. The molecule has 1 aromatic carbocycles. The standard InChI is InChI=1S/C14H18N4O/c15-11-3-5-12(6-4-11)17-8-9-18(14(17)19)13-2-1-7-16-10-13/h2-6,16H,1,7-10,15H2. The third-order valence-electron chi connectivity index (χ3n) is 3.57. The third kappa shape index (κ3) is 2.29. The number of anilines is 2. The first-order valence-corrected chi connectivity index (χ1v) is 6.60. The Morgan fingerprint density at radius 1 is 1.11 bits per heavy atom. The molecule has 1 fully saturated rings. The lowest BCUT2D eigenvalue weighted by molar-refractivity contribution is 0.229. The highest BCUT2D eigenvalue weighted by Crippen LogP contribution is 2.24. The number of hydrogen-bond donors (Lipinski definition) is 2. The summed E-state index contributed by atoms with van der Waals surface area (Å²) < 4.78 is 0. The van der Waals surface area contributed by atoms with E-state index in [1.165, 1.54) is 0 Å². The first-order chi connectivity index (χ1) is 9.25. The minimum atomic E-state index is 0.0553. The number of nitrogens with zero attached hydrogens (tertiary/aromatic N) is 2. The first-order valence-electron chi connectivity index (χ1n) is 6.60. The van der Waals surface area contributed by atoms with Crippen molar-refractivity contribution in [3.8, 4) is 0 Å². The summed E-state index contributed by atoms with van der Waals surface area (Å²) in [6, 6.07) is 7.49. The van der Waals surface area contributed by atoms with E-state index < -0.39 is 0 Å². The number of amides is 2. The van der Waals surface area contributed by atoms with Gasteiger partial charge in [-0.25, -0.2) is 4.79 Å². The largest absolute Gasteiger partial charge is 0.399 e. The summed E-state index contributed by atoms with van der Waals surface area (Å²) in [7, 11) is 0. The second-order valence-corrected chi connectivity index (χ2v) is 4.84. The average molecular weight is 258 g/mol. The molecule has 0 aromatic heterocycles. The Labute approximate surface area is 112 Å². The molecule has 1 aromatic rings. The molecule has 2 amide bonds. The highest BCUT2D eigenvalue weighted by Gasteiger charge is 2.31. The fourth-order valence-corrected chi connectivity index (χ4v) is 2.53. The predicted molar refractivity (Wildman–Crippen MR) is 75.9 cm³/mol. The van der Waals surface area contributed by atoms with E-state index in [0.717, 1.165) is 44.0 Å². The number of hydrogen-bond acceptors (Lipinski definition) is 3. The average Bonchev–Trinajstić information content (AvgIpc) is 2.83. The van der Waals surface area contributed by atoms with Gasteiger partial charge in [0.15, 0.2) is 0 Å². The van der Waals surface area contributed by atoms with Crippen molar-refractivity contribution in [2.45, 2.75) is 6.42 Å². The van der Waals surface area contributed by atoms with Crippen LogP contribution >= 0.6 is 0 Å². The number of rotatable bonds is 2. The van der Waals surface area contributed by atoms with Crippen molar-refractivity contribution in [2.75, 3.05) is 36.8 Å². The molecule has 0 bridgehead atoms. The zero-order valence-electron chi connectivity index (χ0n) is 10.8.